The molecule has 0 N–H and O–H groups in total. The molecule has 0 saturated carbocycles. The smallest absolute Gasteiger partial charge is 0.244 e. The van der Waals surface area contributed by atoms with Crippen molar-refractivity contribution in [3.8, 4) is 17.2 Å². The number of nitrogens with zero attached hydrogens (tertiary/aromatic N) is 1. The van der Waals surface area contributed by atoms with Crippen LogP contribution in [0.5, 0.6) is 17.2 Å². The Morgan fingerprint density at radius 2 is 1.62 bits per heavy atom. The average Bonchev–Trinajstić information content (AvgIpc) is 3.18. The fraction of sp³-hybridized carbons (Fsp3) is 0.333. The van der Waals surface area contributed by atoms with Crippen molar-refractivity contribution >= 4 is 21.8 Å². The van der Waals surface area contributed by atoms with Crippen molar-refractivity contribution in [2.45, 2.75) is 10.3 Å². The van der Waals surface area contributed by atoms with Crippen LogP contribution < -0.4 is 14.2 Å². The first-order valence-corrected chi connectivity index (χ1v) is 10.5. The molecule has 6 nitrogen and oxygen atoms in total. The molecule has 1 aliphatic heterocycles. The molecule has 0 aliphatic carbocycles. The topological polar surface area (TPSA) is 65.1 Å². The molecule has 2 aromatic carbocycles. The highest BCUT2D eigenvalue weighted by molar-refractivity contribution is 8.01. The second kappa shape index (κ2) is 7.77. The average molecular weight is 396 g/mol. The molecule has 8 heteroatoms. The number of methoxy groups -OCH3 is 3. The molecule has 0 bridgehead atoms. The minimum Gasteiger partial charge on any atom is -0.497 e. The van der Waals surface area contributed by atoms with Crippen molar-refractivity contribution in [3.05, 3.63) is 48.0 Å². The summed E-state index contributed by atoms with van der Waals surface area (Å²) in [4.78, 5) is 0.248. The van der Waals surface area contributed by atoms with E-state index in [-0.39, 0.29) is 10.3 Å². The van der Waals surface area contributed by atoms with Crippen molar-refractivity contribution in [3.63, 3.8) is 0 Å². The van der Waals surface area contributed by atoms with Crippen molar-refractivity contribution in [1.82, 2.24) is 4.31 Å². The highest BCUT2D eigenvalue weighted by Crippen LogP contribution is 2.45. The molecule has 1 fully saturated rings. The Morgan fingerprint density at radius 1 is 0.962 bits per heavy atom. The molecule has 26 heavy (non-hydrogen) atoms. The van der Waals surface area contributed by atoms with E-state index < -0.39 is 10.0 Å². The van der Waals surface area contributed by atoms with Gasteiger partial charge < -0.3 is 14.2 Å². The monoisotopic (exact) mass is 395 g/mol. The zero-order chi connectivity index (χ0) is 18.7. The van der Waals surface area contributed by atoms with Gasteiger partial charge in [0.2, 0.25) is 10.0 Å². The Labute approximate surface area is 158 Å². The SMILES string of the molecule is COc1ccc(S(=O)(=O)N2CCS[C@H]2c2ccc(OC)cc2OC)cc1. The molecule has 0 unspecified atom stereocenters. The highest BCUT2D eigenvalue weighted by atomic mass is 32.2. The van der Waals surface area contributed by atoms with E-state index in [2.05, 4.69) is 0 Å². The predicted molar refractivity (Wildman–Crippen MR) is 102 cm³/mol. The lowest BCUT2D eigenvalue weighted by atomic mass is 10.2. The number of benzene rings is 2. The molecule has 0 aromatic heterocycles. The van der Waals surface area contributed by atoms with E-state index in [0.717, 1.165) is 11.3 Å². The number of hydrogen-bond acceptors (Lipinski definition) is 6. The summed E-state index contributed by atoms with van der Waals surface area (Å²) >= 11 is 1.58. The van der Waals surface area contributed by atoms with Gasteiger partial charge in [-0.25, -0.2) is 8.42 Å². The largest absolute Gasteiger partial charge is 0.497 e. The van der Waals surface area contributed by atoms with Crippen molar-refractivity contribution < 1.29 is 22.6 Å². The molecule has 1 aliphatic rings. The Balaban J connectivity index is 1.97. The van der Waals surface area contributed by atoms with Gasteiger partial charge in [-0.15, -0.1) is 11.8 Å². The third kappa shape index (κ3) is 3.49. The maximum absolute atomic E-state index is 13.1. The Bertz CT molecular complexity index is 868. The maximum atomic E-state index is 13.1. The van der Waals surface area contributed by atoms with Crippen LogP contribution in [-0.4, -0.2) is 46.4 Å². The zero-order valence-electron chi connectivity index (χ0n) is 14.8. The van der Waals surface area contributed by atoms with Gasteiger partial charge in [0.05, 0.1) is 31.6 Å². The van der Waals surface area contributed by atoms with Crippen LogP contribution in [-0.2, 0) is 10.0 Å². The molecule has 0 spiro atoms. The second-order valence-electron chi connectivity index (χ2n) is 5.62. The fourth-order valence-electron chi connectivity index (χ4n) is 2.85. The lowest BCUT2D eigenvalue weighted by molar-refractivity contribution is 0.379. The third-order valence-corrected chi connectivity index (χ3v) is 7.48. The first kappa shape index (κ1) is 18.9. The van der Waals surface area contributed by atoms with Crippen LogP contribution in [0, 0.1) is 0 Å². The van der Waals surface area contributed by atoms with Crippen LogP contribution >= 0.6 is 11.8 Å². The van der Waals surface area contributed by atoms with Gasteiger partial charge in [-0.2, -0.15) is 4.31 Å². The van der Waals surface area contributed by atoms with Crippen LogP contribution in [0.25, 0.3) is 0 Å². The van der Waals surface area contributed by atoms with E-state index in [9.17, 15) is 8.42 Å². The Kier molecular flexibility index (Phi) is 5.64. The number of thioether (sulfide) groups is 1. The Hall–Kier alpha value is -1.90. The lowest BCUT2D eigenvalue weighted by Crippen LogP contribution is -2.30. The van der Waals surface area contributed by atoms with Gasteiger partial charge in [0.1, 0.15) is 17.2 Å². The van der Waals surface area contributed by atoms with Gasteiger partial charge in [0.15, 0.2) is 0 Å². The normalized spacial score (nSPS) is 17.9. The zero-order valence-corrected chi connectivity index (χ0v) is 16.5. The molecular weight excluding hydrogens is 374 g/mol. The highest BCUT2D eigenvalue weighted by Gasteiger charge is 2.38. The molecule has 140 valence electrons. The van der Waals surface area contributed by atoms with Gasteiger partial charge in [-0.3, -0.25) is 0 Å². The lowest BCUT2D eigenvalue weighted by Gasteiger charge is -2.25. The standard InChI is InChI=1S/C18H21NO5S2/c1-22-13-4-7-15(8-5-13)26(20,21)19-10-11-25-18(19)16-9-6-14(23-2)12-17(16)24-3/h4-9,12,18H,10-11H2,1-3H3/t18-/m0/s1. The quantitative estimate of drug-likeness (QED) is 0.749. The molecule has 3 rings (SSSR count). The van der Waals surface area contributed by atoms with E-state index in [0.29, 0.717) is 23.8 Å². The molecule has 0 radical (unpaired) electrons. The van der Waals surface area contributed by atoms with Crippen LogP contribution in [0.3, 0.4) is 0 Å². The first-order chi connectivity index (χ1) is 12.5. The summed E-state index contributed by atoms with van der Waals surface area (Å²) in [6, 6.07) is 11.9. The van der Waals surface area contributed by atoms with E-state index in [1.54, 1.807) is 63.4 Å². The van der Waals surface area contributed by atoms with Crippen LogP contribution in [0.1, 0.15) is 10.9 Å². The van der Waals surface area contributed by atoms with Gasteiger partial charge in [-0.05, 0) is 36.4 Å². The fourth-order valence-corrected chi connectivity index (χ4v) is 6.11. The van der Waals surface area contributed by atoms with Gasteiger partial charge in [0.25, 0.3) is 0 Å². The summed E-state index contributed by atoms with van der Waals surface area (Å²) in [5, 5.41) is -0.344. The second-order valence-corrected chi connectivity index (χ2v) is 8.70. The van der Waals surface area contributed by atoms with Crippen molar-refractivity contribution in [2.24, 2.45) is 0 Å². The number of rotatable bonds is 6. The van der Waals surface area contributed by atoms with Gasteiger partial charge in [-0.1, -0.05) is 0 Å². The minimum absolute atomic E-state index is 0.248. The molecule has 1 saturated heterocycles. The molecule has 0 amide bonds. The molecule has 1 atom stereocenters. The summed E-state index contributed by atoms with van der Waals surface area (Å²) in [6.45, 7) is 0.443. The van der Waals surface area contributed by atoms with E-state index in [4.69, 9.17) is 14.2 Å². The summed E-state index contributed by atoms with van der Waals surface area (Å²) in [7, 11) is 1.07. The van der Waals surface area contributed by atoms with Crippen LogP contribution in [0.4, 0.5) is 0 Å². The minimum atomic E-state index is -3.63. The number of hydrogen-bond donors (Lipinski definition) is 0. The van der Waals surface area contributed by atoms with Crippen LogP contribution in [0.15, 0.2) is 47.4 Å². The van der Waals surface area contributed by atoms with E-state index in [1.807, 2.05) is 12.1 Å². The third-order valence-electron chi connectivity index (χ3n) is 4.22. The van der Waals surface area contributed by atoms with Crippen molar-refractivity contribution in [1.29, 1.82) is 0 Å². The summed E-state index contributed by atoms with van der Waals surface area (Å²) in [5.41, 5.74) is 0.813. The molecule has 2 aromatic rings. The maximum Gasteiger partial charge on any atom is 0.244 e. The summed E-state index contributed by atoms with van der Waals surface area (Å²) in [6.07, 6.45) is 0. The van der Waals surface area contributed by atoms with E-state index >= 15 is 0 Å². The molecule has 1 heterocycles. The van der Waals surface area contributed by atoms with E-state index in [1.165, 1.54) is 4.31 Å². The molecular formula is C18H21NO5S2. The Morgan fingerprint density at radius 3 is 2.23 bits per heavy atom. The predicted octanol–water partition coefficient (Wildman–Crippen LogP) is 3.15. The summed E-state index contributed by atoms with van der Waals surface area (Å²) < 4.78 is 43.6. The number of ether oxygens (including phenoxy) is 3. The van der Waals surface area contributed by atoms with Crippen LogP contribution in [0.2, 0.25) is 0 Å². The number of sulfonamides is 1. The van der Waals surface area contributed by atoms with Crippen molar-refractivity contribution in [2.75, 3.05) is 33.6 Å². The first-order valence-electron chi connectivity index (χ1n) is 8.00. The summed E-state index contributed by atoms with van der Waals surface area (Å²) in [5.74, 6) is 2.61. The van der Waals surface area contributed by atoms with Gasteiger partial charge >= 0.3 is 0 Å². The van der Waals surface area contributed by atoms with Gasteiger partial charge in [0, 0.05) is 23.9 Å².